The molecule has 0 aliphatic carbocycles. The van der Waals surface area contributed by atoms with E-state index in [0.29, 0.717) is 16.6 Å². The summed E-state index contributed by atoms with van der Waals surface area (Å²) in [4.78, 5) is 0. The first-order valence-electron chi connectivity index (χ1n) is 5.36. The molecule has 2 N–H and O–H groups in total. The van der Waals surface area contributed by atoms with Crippen LogP contribution in [0.2, 0.25) is 10.0 Å². The van der Waals surface area contributed by atoms with Crippen molar-refractivity contribution in [2.75, 3.05) is 0 Å². The summed E-state index contributed by atoms with van der Waals surface area (Å²) >= 11 is 12.0. The fraction of sp³-hybridized carbons (Fsp3) is 0.143. The molecular weight excluding hydrogens is 253 g/mol. The molecule has 2 aromatic rings. The van der Waals surface area contributed by atoms with E-state index < -0.39 is 0 Å². The van der Waals surface area contributed by atoms with Crippen LogP contribution < -0.4 is 5.73 Å². The first kappa shape index (κ1) is 12.4. The van der Waals surface area contributed by atoms with Crippen LogP contribution in [0.25, 0.3) is 11.1 Å². The number of aryl methyl sites for hydroxylation is 1. The monoisotopic (exact) mass is 265 g/mol. The lowest BCUT2D eigenvalue weighted by Crippen LogP contribution is -1.97. The maximum atomic E-state index is 6.01. The maximum Gasteiger partial charge on any atom is 0.0426 e. The number of hydrogen-bond acceptors (Lipinski definition) is 1. The summed E-state index contributed by atoms with van der Waals surface area (Å²) in [5.74, 6) is 0. The van der Waals surface area contributed by atoms with Crippen molar-refractivity contribution in [3.63, 3.8) is 0 Å². The highest BCUT2D eigenvalue weighted by Crippen LogP contribution is 2.29. The number of halogens is 2. The van der Waals surface area contributed by atoms with Gasteiger partial charge in [0.15, 0.2) is 0 Å². The van der Waals surface area contributed by atoms with Crippen molar-refractivity contribution in [1.29, 1.82) is 0 Å². The van der Waals surface area contributed by atoms with Gasteiger partial charge in [-0.2, -0.15) is 0 Å². The van der Waals surface area contributed by atoms with E-state index in [-0.39, 0.29) is 0 Å². The average molecular weight is 266 g/mol. The number of benzene rings is 2. The maximum absolute atomic E-state index is 6.01. The molecule has 88 valence electrons. The van der Waals surface area contributed by atoms with E-state index in [1.807, 2.05) is 18.2 Å². The van der Waals surface area contributed by atoms with Gasteiger partial charge in [0, 0.05) is 16.6 Å². The molecular formula is C14H13Cl2N. The molecule has 0 radical (unpaired) electrons. The van der Waals surface area contributed by atoms with E-state index in [4.69, 9.17) is 28.9 Å². The summed E-state index contributed by atoms with van der Waals surface area (Å²) in [5, 5.41) is 1.30. The van der Waals surface area contributed by atoms with Crippen LogP contribution in [0, 0.1) is 6.92 Å². The van der Waals surface area contributed by atoms with E-state index >= 15 is 0 Å². The third-order valence-corrected chi connectivity index (χ3v) is 3.14. The Morgan fingerprint density at radius 3 is 2.18 bits per heavy atom. The first-order chi connectivity index (χ1) is 8.10. The molecule has 0 spiro atoms. The highest BCUT2D eigenvalue weighted by molar-refractivity contribution is 6.35. The fourth-order valence-electron chi connectivity index (χ4n) is 1.89. The highest BCUT2D eigenvalue weighted by Gasteiger charge is 2.05. The Bertz CT molecular complexity index is 530. The largest absolute Gasteiger partial charge is 0.326 e. The van der Waals surface area contributed by atoms with Gasteiger partial charge in [0.25, 0.3) is 0 Å². The van der Waals surface area contributed by atoms with Gasteiger partial charge in [-0.15, -0.1) is 0 Å². The third-order valence-electron chi connectivity index (χ3n) is 2.70. The first-order valence-corrected chi connectivity index (χ1v) is 6.12. The van der Waals surface area contributed by atoms with E-state index in [2.05, 4.69) is 19.1 Å². The second-order valence-electron chi connectivity index (χ2n) is 4.01. The predicted molar refractivity (Wildman–Crippen MR) is 74.5 cm³/mol. The summed E-state index contributed by atoms with van der Waals surface area (Å²) in [6.45, 7) is 2.61. The van der Waals surface area contributed by atoms with Gasteiger partial charge in [0.2, 0.25) is 0 Å². The Morgan fingerprint density at radius 1 is 1.00 bits per heavy atom. The minimum atomic E-state index is 0.553. The van der Waals surface area contributed by atoms with Gasteiger partial charge in [-0.3, -0.25) is 0 Å². The summed E-state index contributed by atoms with van der Waals surface area (Å²) in [5.41, 5.74) is 10.1. The molecule has 2 aromatic carbocycles. The molecule has 17 heavy (non-hydrogen) atoms. The van der Waals surface area contributed by atoms with Gasteiger partial charge in [0.1, 0.15) is 0 Å². The molecule has 1 nitrogen and oxygen atoms in total. The molecule has 0 aliphatic heterocycles. The summed E-state index contributed by atoms with van der Waals surface area (Å²) in [6.07, 6.45) is 0. The second kappa shape index (κ2) is 5.09. The quantitative estimate of drug-likeness (QED) is 0.855. The van der Waals surface area contributed by atoms with E-state index in [1.165, 1.54) is 5.56 Å². The molecule has 0 fully saturated rings. The summed E-state index contributed by atoms with van der Waals surface area (Å²) in [7, 11) is 0. The topological polar surface area (TPSA) is 26.0 Å². The number of hydrogen-bond donors (Lipinski definition) is 1. The summed E-state index contributed by atoms with van der Waals surface area (Å²) < 4.78 is 0. The molecule has 0 saturated heterocycles. The fourth-order valence-corrected chi connectivity index (χ4v) is 2.41. The van der Waals surface area contributed by atoms with E-state index in [9.17, 15) is 0 Å². The van der Waals surface area contributed by atoms with Crippen LogP contribution in [0.15, 0.2) is 36.4 Å². The van der Waals surface area contributed by atoms with Gasteiger partial charge < -0.3 is 5.73 Å². The van der Waals surface area contributed by atoms with E-state index in [1.54, 1.807) is 6.07 Å². The van der Waals surface area contributed by atoms with Crippen LogP contribution in [-0.2, 0) is 6.54 Å². The minimum absolute atomic E-state index is 0.553. The SMILES string of the molecule is Cc1cc(CN)ccc1-c1cc(Cl)cc(Cl)c1. The lowest BCUT2D eigenvalue weighted by molar-refractivity contribution is 1.07. The Morgan fingerprint density at radius 2 is 1.65 bits per heavy atom. The number of nitrogens with two attached hydrogens (primary N) is 1. The smallest absolute Gasteiger partial charge is 0.0426 e. The Hall–Kier alpha value is -1.02. The lowest BCUT2D eigenvalue weighted by atomic mass is 9.98. The lowest BCUT2D eigenvalue weighted by Gasteiger charge is -2.09. The minimum Gasteiger partial charge on any atom is -0.326 e. The molecule has 0 aromatic heterocycles. The predicted octanol–water partition coefficient (Wildman–Crippen LogP) is 4.43. The molecule has 0 atom stereocenters. The van der Waals surface area contributed by atoms with Gasteiger partial charge >= 0.3 is 0 Å². The second-order valence-corrected chi connectivity index (χ2v) is 4.88. The molecule has 3 heteroatoms. The Labute approximate surface area is 111 Å². The Kier molecular flexibility index (Phi) is 3.72. The standard InChI is InChI=1S/C14H13Cl2N/c1-9-4-10(8-17)2-3-14(9)11-5-12(15)7-13(16)6-11/h2-7H,8,17H2,1H3. The molecule has 0 bridgehead atoms. The van der Waals surface area contributed by atoms with Crippen molar-refractivity contribution >= 4 is 23.2 Å². The Balaban J connectivity index is 2.52. The van der Waals surface area contributed by atoms with Gasteiger partial charge in [-0.05, 0) is 47.4 Å². The molecule has 0 saturated carbocycles. The highest BCUT2D eigenvalue weighted by atomic mass is 35.5. The van der Waals surface area contributed by atoms with Crippen molar-refractivity contribution in [1.82, 2.24) is 0 Å². The molecule has 0 unspecified atom stereocenters. The number of rotatable bonds is 2. The molecule has 2 rings (SSSR count). The van der Waals surface area contributed by atoms with Crippen LogP contribution in [0.3, 0.4) is 0 Å². The van der Waals surface area contributed by atoms with Crippen molar-refractivity contribution in [2.45, 2.75) is 13.5 Å². The van der Waals surface area contributed by atoms with Crippen LogP contribution in [0.4, 0.5) is 0 Å². The average Bonchev–Trinajstić information content (AvgIpc) is 2.27. The molecule has 0 amide bonds. The van der Waals surface area contributed by atoms with Crippen molar-refractivity contribution < 1.29 is 0 Å². The summed E-state index contributed by atoms with van der Waals surface area (Å²) in [6, 6.07) is 11.7. The van der Waals surface area contributed by atoms with E-state index in [0.717, 1.165) is 16.7 Å². The van der Waals surface area contributed by atoms with Crippen LogP contribution in [0.1, 0.15) is 11.1 Å². The zero-order chi connectivity index (χ0) is 12.4. The molecule has 0 aliphatic rings. The van der Waals surface area contributed by atoms with Crippen LogP contribution >= 0.6 is 23.2 Å². The zero-order valence-electron chi connectivity index (χ0n) is 9.50. The van der Waals surface area contributed by atoms with Crippen molar-refractivity contribution in [3.8, 4) is 11.1 Å². The van der Waals surface area contributed by atoms with Crippen LogP contribution in [-0.4, -0.2) is 0 Å². The van der Waals surface area contributed by atoms with Crippen LogP contribution in [0.5, 0.6) is 0 Å². The molecule has 0 heterocycles. The third kappa shape index (κ3) is 2.81. The van der Waals surface area contributed by atoms with Crippen molar-refractivity contribution in [2.24, 2.45) is 5.73 Å². The zero-order valence-corrected chi connectivity index (χ0v) is 11.0. The van der Waals surface area contributed by atoms with Gasteiger partial charge in [-0.1, -0.05) is 41.4 Å². The van der Waals surface area contributed by atoms with Crippen molar-refractivity contribution in [3.05, 3.63) is 57.6 Å². The normalized spacial score (nSPS) is 10.6. The van der Waals surface area contributed by atoms with Gasteiger partial charge in [0.05, 0.1) is 0 Å². The van der Waals surface area contributed by atoms with Gasteiger partial charge in [-0.25, -0.2) is 0 Å².